The van der Waals surface area contributed by atoms with Crippen LogP contribution < -0.4 is 25.1 Å². The molecule has 0 aromatic heterocycles. The molecule has 9 heteroatoms. The molecule has 0 aliphatic carbocycles. The zero-order valence-corrected chi connectivity index (χ0v) is 15.4. The molecule has 0 saturated carbocycles. The SMILES string of the molecule is CCOc1ccc(C(=O)NNC(=O)COc2ccc(F)c(Cl)c2)cc1OC. The Balaban J connectivity index is 1.87. The molecular weight excluding hydrogens is 379 g/mol. The highest BCUT2D eigenvalue weighted by molar-refractivity contribution is 6.30. The van der Waals surface area contributed by atoms with Crippen molar-refractivity contribution >= 4 is 23.4 Å². The summed E-state index contributed by atoms with van der Waals surface area (Å²) in [5.41, 5.74) is 4.73. The van der Waals surface area contributed by atoms with Gasteiger partial charge in [-0.25, -0.2) is 4.39 Å². The van der Waals surface area contributed by atoms with E-state index < -0.39 is 24.2 Å². The Bertz CT molecular complexity index is 831. The molecule has 0 fully saturated rings. The standard InChI is InChI=1S/C18H18ClFN2O5/c1-3-26-15-7-4-11(8-16(15)25-2)18(24)22-21-17(23)10-27-12-5-6-14(20)13(19)9-12/h4-9H,3,10H2,1-2H3,(H,21,23)(H,22,24). The molecule has 144 valence electrons. The number of rotatable bonds is 7. The molecule has 27 heavy (non-hydrogen) atoms. The molecule has 0 saturated heterocycles. The molecule has 7 nitrogen and oxygen atoms in total. The van der Waals surface area contributed by atoms with Gasteiger partial charge < -0.3 is 14.2 Å². The Hall–Kier alpha value is -3.00. The zero-order chi connectivity index (χ0) is 19.8. The van der Waals surface area contributed by atoms with Crippen LogP contribution in [-0.2, 0) is 4.79 Å². The van der Waals surface area contributed by atoms with Crippen LogP contribution in [0.3, 0.4) is 0 Å². The van der Waals surface area contributed by atoms with Crippen molar-refractivity contribution in [2.24, 2.45) is 0 Å². The Morgan fingerprint density at radius 1 is 1.07 bits per heavy atom. The van der Waals surface area contributed by atoms with Gasteiger partial charge in [0.15, 0.2) is 18.1 Å². The summed E-state index contributed by atoms with van der Waals surface area (Å²) < 4.78 is 28.8. The van der Waals surface area contributed by atoms with Crippen LogP contribution >= 0.6 is 11.6 Å². The molecule has 2 aromatic rings. The fourth-order valence-electron chi connectivity index (χ4n) is 2.03. The first-order chi connectivity index (χ1) is 12.9. The molecular formula is C18H18ClFN2O5. The van der Waals surface area contributed by atoms with E-state index in [9.17, 15) is 14.0 Å². The van der Waals surface area contributed by atoms with Crippen molar-refractivity contribution in [3.63, 3.8) is 0 Å². The topological polar surface area (TPSA) is 85.9 Å². The number of carbonyl (C=O) groups excluding carboxylic acids is 2. The van der Waals surface area contributed by atoms with Gasteiger partial charge in [-0.15, -0.1) is 0 Å². The summed E-state index contributed by atoms with van der Waals surface area (Å²) in [7, 11) is 1.46. The number of nitrogens with one attached hydrogen (secondary N) is 2. The number of methoxy groups -OCH3 is 1. The maximum atomic E-state index is 13.1. The van der Waals surface area contributed by atoms with Crippen LogP contribution in [0.4, 0.5) is 4.39 Å². The maximum Gasteiger partial charge on any atom is 0.276 e. The van der Waals surface area contributed by atoms with Crippen LogP contribution in [0.15, 0.2) is 36.4 Å². The molecule has 0 spiro atoms. The van der Waals surface area contributed by atoms with Gasteiger partial charge >= 0.3 is 0 Å². The number of halogens is 2. The molecule has 0 heterocycles. The molecule has 0 unspecified atom stereocenters. The third-order valence-corrected chi connectivity index (χ3v) is 3.59. The number of ether oxygens (including phenoxy) is 3. The first-order valence-corrected chi connectivity index (χ1v) is 8.30. The van der Waals surface area contributed by atoms with E-state index in [2.05, 4.69) is 10.9 Å². The lowest BCUT2D eigenvalue weighted by Crippen LogP contribution is -2.43. The van der Waals surface area contributed by atoms with Crippen LogP contribution in [0.2, 0.25) is 5.02 Å². The number of amides is 2. The summed E-state index contributed by atoms with van der Waals surface area (Å²) in [6, 6.07) is 8.32. The second-order valence-corrected chi connectivity index (χ2v) is 5.57. The molecule has 2 aromatic carbocycles. The van der Waals surface area contributed by atoms with Crippen LogP contribution in [0.5, 0.6) is 17.2 Å². The van der Waals surface area contributed by atoms with Gasteiger partial charge in [-0.1, -0.05) is 11.6 Å². The minimum absolute atomic E-state index is 0.120. The van der Waals surface area contributed by atoms with Gasteiger partial charge in [-0.2, -0.15) is 0 Å². The van der Waals surface area contributed by atoms with Gasteiger partial charge in [0.05, 0.1) is 18.7 Å². The molecule has 0 bridgehead atoms. The summed E-state index contributed by atoms with van der Waals surface area (Å²) in [4.78, 5) is 23.9. The molecule has 0 aliphatic rings. The number of hydrazine groups is 1. The van der Waals surface area contributed by atoms with Crippen molar-refractivity contribution in [3.05, 3.63) is 52.8 Å². The largest absolute Gasteiger partial charge is 0.493 e. The van der Waals surface area contributed by atoms with Crippen LogP contribution in [0.25, 0.3) is 0 Å². The Labute approximate surface area is 160 Å². The van der Waals surface area contributed by atoms with E-state index in [4.69, 9.17) is 25.8 Å². The molecule has 2 N–H and O–H groups in total. The Morgan fingerprint density at radius 3 is 2.52 bits per heavy atom. The number of hydrogen-bond acceptors (Lipinski definition) is 5. The first kappa shape index (κ1) is 20.3. The minimum atomic E-state index is -0.610. The molecule has 2 amide bonds. The average Bonchev–Trinajstić information content (AvgIpc) is 2.67. The number of benzene rings is 2. The Kier molecular flexibility index (Phi) is 7.25. The Morgan fingerprint density at radius 2 is 1.85 bits per heavy atom. The van der Waals surface area contributed by atoms with E-state index >= 15 is 0 Å². The number of hydrogen-bond donors (Lipinski definition) is 2. The van der Waals surface area contributed by atoms with E-state index in [0.29, 0.717) is 18.1 Å². The van der Waals surface area contributed by atoms with E-state index in [1.165, 1.54) is 31.4 Å². The van der Waals surface area contributed by atoms with Crippen molar-refractivity contribution in [1.82, 2.24) is 10.9 Å². The van der Waals surface area contributed by atoms with Crippen molar-refractivity contribution < 1.29 is 28.2 Å². The van der Waals surface area contributed by atoms with Crippen LogP contribution in [0, 0.1) is 5.82 Å². The van der Waals surface area contributed by atoms with Crippen molar-refractivity contribution in [1.29, 1.82) is 0 Å². The maximum absolute atomic E-state index is 13.1. The zero-order valence-electron chi connectivity index (χ0n) is 14.7. The van der Waals surface area contributed by atoms with Crippen LogP contribution in [0.1, 0.15) is 17.3 Å². The van der Waals surface area contributed by atoms with Crippen molar-refractivity contribution in [2.75, 3.05) is 20.3 Å². The molecule has 0 aliphatic heterocycles. The van der Waals surface area contributed by atoms with Crippen LogP contribution in [-0.4, -0.2) is 32.1 Å². The summed E-state index contributed by atoms with van der Waals surface area (Å²) >= 11 is 5.62. The van der Waals surface area contributed by atoms with E-state index in [0.717, 1.165) is 6.07 Å². The lowest BCUT2D eigenvalue weighted by Gasteiger charge is -2.12. The highest BCUT2D eigenvalue weighted by atomic mass is 35.5. The summed E-state index contributed by atoms with van der Waals surface area (Å²) in [6.07, 6.45) is 0. The second kappa shape index (κ2) is 9.63. The predicted molar refractivity (Wildman–Crippen MR) is 96.7 cm³/mol. The summed E-state index contributed by atoms with van der Waals surface area (Å²) in [5.74, 6) is -0.624. The normalized spacial score (nSPS) is 10.1. The second-order valence-electron chi connectivity index (χ2n) is 5.17. The molecule has 2 rings (SSSR count). The van der Waals surface area contributed by atoms with Gasteiger partial charge in [0.2, 0.25) is 0 Å². The fourth-order valence-corrected chi connectivity index (χ4v) is 2.20. The third kappa shape index (κ3) is 5.75. The van der Waals surface area contributed by atoms with E-state index in [-0.39, 0.29) is 16.3 Å². The molecule has 0 atom stereocenters. The first-order valence-electron chi connectivity index (χ1n) is 7.92. The van der Waals surface area contributed by atoms with Crippen molar-refractivity contribution in [2.45, 2.75) is 6.92 Å². The number of carbonyl (C=O) groups is 2. The minimum Gasteiger partial charge on any atom is -0.493 e. The predicted octanol–water partition coefficient (Wildman–Crippen LogP) is 2.73. The molecule has 0 radical (unpaired) electrons. The van der Waals surface area contributed by atoms with E-state index in [1.807, 2.05) is 6.92 Å². The smallest absolute Gasteiger partial charge is 0.276 e. The average molecular weight is 397 g/mol. The van der Waals surface area contributed by atoms with Crippen molar-refractivity contribution in [3.8, 4) is 17.2 Å². The highest BCUT2D eigenvalue weighted by Gasteiger charge is 2.12. The summed E-state index contributed by atoms with van der Waals surface area (Å²) in [5, 5.41) is -0.120. The quantitative estimate of drug-likeness (QED) is 0.703. The van der Waals surface area contributed by atoms with Gasteiger partial charge in [0, 0.05) is 11.6 Å². The van der Waals surface area contributed by atoms with Gasteiger partial charge in [-0.05, 0) is 37.3 Å². The lowest BCUT2D eigenvalue weighted by atomic mass is 10.2. The van der Waals surface area contributed by atoms with Gasteiger partial charge in [0.25, 0.3) is 11.8 Å². The summed E-state index contributed by atoms with van der Waals surface area (Å²) in [6.45, 7) is 1.89. The highest BCUT2D eigenvalue weighted by Crippen LogP contribution is 2.28. The third-order valence-electron chi connectivity index (χ3n) is 3.30. The van der Waals surface area contributed by atoms with E-state index in [1.54, 1.807) is 6.07 Å². The fraction of sp³-hybridized carbons (Fsp3) is 0.222. The lowest BCUT2D eigenvalue weighted by molar-refractivity contribution is -0.123. The van der Waals surface area contributed by atoms with Gasteiger partial charge in [0.1, 0.15) is 11.6 Å². The van der Waals surface area contributed by atoms with Gasteiger partial charge in [-0.3, -0.25) is 20.4 Å². The monoisotopic (exact) mass is 396 g/mol.